The highest BCUT2D eigenvalue weighted by Crippen LogP contribution is 2.18. The topological polar surface area (TPSA) is 88.6 Å². The molecular weight excluding hydrogens is 286 g/mol. The smallest absolute Gasteiger partial charge is 0.269 e. The van der Waals surface area contributed by atoms with Gasteiger partial charge >= 0.3 is 0 Å². The molecule has 7 heteroatoms. The van der Waals surface area contributed by atoms with Gasteiger partial charge in [0.25, 0.3) is 11.6 Å². The summed E-state index contributed by atoms with van der Waals surface area (Å²) in [5.74, 6) is 0.474. The lowest BCUT2D eigenvalue weighted by atomic mass is 10.1. The number of benzene rings is 1. The fraction of sp³-hybridized carbons (Fsp3) is 0.267. The average molecular weight is 303 g/mol. The van der Waals surface area contributed by atoms with E-state index >= 15 is 0 Å². The molecule has 1 aromatic carbocycles. The Kier molecular flexibility index (Phi) is 4.90. The highest BCUT2D eigenvalue weighted by Gasteiger charge is 2.18. The number of non-ortho nitro benzene ring substituents is 1. The second-order valence-electron chi connectivity index (χ2n) is 5.01. The molecule has 116 valence electrons. The third kappa shape index (κ3) is 3.70. The maximum absolute atomic E-state index is 12.1. The fourth-order valence-corrected chi connectivity index (χ4v) is 2.04. The van der Waals surface area contributed by atoms with E-state index in [0.717, 1.165) is 5.76 Å². The molecule has 0 fully saturated rings. The SMILES string of the molecule is CN(C)[C@@H](CNC(=O)c1ccc([N+](=O)[O-])cc1)c1ccco1. The number of carbonyl (C=O) groups is 1. The van der Waals surface area contributed by atoms with Gasteiger partial charge in [0.2, 0.25) is 0 Å². The first-order valence-corrected chi connectivity index (χ1v) is 6.71. The van der Waals surface area contributed by atoms with Gasteiger partial charge in [0.05, 0.1) is 17.2 Å². The number of likely N-dealkylation sites (N-methyl/N-ethyl adjacent to an activating group) is 1. The van der Waals surface area contributed by atoms with Gasteiger partial charge in [0.1, 0.15) is 5.76 Å². The largest absolute Gasteiger partial charge is 0.468 e. The minimum absolute atomic E-state index is 0.0432. The van der Waals surface area contributed by atoms with E-state index in [4.69, 9.17) is 4.42 Å². The first kappa shape index (κ1) is 15.7. The van der Waals surface area contributed by atoms with E-state index in [0.29, 0.717) is 12.1 Å². The third-order valence-electron chi connectivity index (χ3n) is 3.29. The molecule has 2 aromatic rings. The zero-order valence-corrected chi connectivity index (χ0v) is 12.4. The summed E-state index contributed by atoms with van der Waals surface area (Å²) in [4.78, 5) is 24.1. The normalized spacial score (nSPS) is 12.1. The van der Waals surface area contributed by atoms with Crippen LogP contribution in [0.1, 0.15) is 22.2 Å². The summed E-state index contributed by atoms with van der Waals surface area (Å²) in [5.41, 5.74) is 0.334. The molecule has 1 amide bonds. The van der Waals surface area contributed by atoms with Crippen LogP contribution in [0.4, 0.5) is 5.69 Å². The van der Waals surface area contributed by atoms with Gasteiger partial charge in [-0.15, -0.1) is 0 Å². The molecule has 0 bridgehead atoms. The van der Waals surface area contributed by atoms with Crippen LogP contribution in [0.5, 0.6) is 0 Å². The van der Waals surface area contributed by atoms with Crippen LogP contribution in [-0.4, -0.2) is 36.4 Å². The first-order valence-electron chi connectivity index (χ1n) is 6.71. The Morgan fingerprint density at radius 3 is 2.50 bits per heavy atom. The fourth-order valence-electron chi connectivity index (χ4n) is 2.04. The van der Waals surface area contributed by atoms with Crippen molar-refractivity contribution in [2.75, 3.05) is 20.6 Å². The number of hydrogen-bond acceptors (Lipinski definition) is 5. The Morgan fingerprint density at radius 2 is 2.00 bits per heavy atom. The summed E-state index contributed by atoms with van der Waals surface area (Å²) < 4.78 is 5.37. The van der Waals surface area contributed by atoms with Crippen LogP contribution in [0.2, 0.25) is 0 Å². The van der Waals surface area contributed by atoms with Gasteiger partial charge in [-0.25, -0.2) is 0 Å². The van der Waals surface area contributed by atoms with Gasteiger partial charge in [0, 0.05) is 24.2 Å². The molecule has 0 aliphatic carbocycles. The van der Waals surface area contributed by atoms with Crippen molar-refractivity contribution in [1.82, 2.24) is 10.2 Å². The summed E-state index contributed by atoms with van der Waals surface area (Å²) in [6, 6.07) is 9.05. The molecule has 1 N–H and O–H groups in total. The molecule has 2 rings (SSSR count). The molecular formula is C15H17N3O4. The van der Waals surface area contributed by atoms with Crippen molar-refractivity contribution < 1.29 is 14.1 Å². The van der Waals surface area contributed by atoms with Crippen LogP contribution in [0.15, 0.2) is 47.1 Å². The minimum atomic E-state index is -0.499. The monoisotopic (exact) mass is 303 g/mol. The van der Waals surface area contributed by atoms with Gasteiger partial charge in [0.15, 0.2) is 0 Å². The van der Waals surface area contributed by atoms with E-state index in [-0.39, 0.29) is 17.6 Å². The average Bonchev–Trinajstić information content (AvgIpc) is 3.01. The Bertz CT molecular complexity index is 635. The lowest BCUT2D eigenvalue weighted by Gasteiger charge is -2.22. The summed E-state index contributed by atoms with van der Waals surface area (Å²) in [6.45, 7) is 0.371. The van der Waals surface area contributed by atoms with Crippen LogP contribution in [-0.2, 0) is 0 Å². The predicted octanol–water partition coefficient (Wildman–Crippen LogP) is 2.22. The number of rotatable bonds is 6. The van der Waals surface area contributed by atoms with Crippen LogP contribution in [0, 0.1) is 10.1 Å². The van der Waals surface area contributed by atoms with Crippen LogP contribution in [0.3, 0.4) is 0 Å². The predicted molar refractivity (Wildman–Crippen MR) is 80.6 cm³/mol. The molecule has 0 aliphatic heterocycles. The molecule has 0 saturated carbocycles. The quantitative estimate of drug-likeness (QED) is 0.653. The van der Waals surface area contributed by atoms with Crippen molar-refractivity contribution >= 4 is 11.6 Å². The number of nitro groups is 1. The van der Waals surface area contributed by atoms with E-state index in [2.05, 4.69) is 5.32 Å². The lowest BCUT2D eigenvalue weighted by Crippen LogP contribution is -2.34. The van der Waals surface area contributed by atoms with Crippen molar-refractivity contribution in [1.29, 1.82) is 0 Å². The number of nitro benzene ring substituents is 1. The summed E-state index contributed by atoms with van der Waals surface area (Å²) in [7, 11) is 3.79. The Labute approximate surface area is 127 Å². The van der Waals surface area contributed by atoms with Gasteiger partial charge < -0.3 is 9.73 Å². The van der Waals surface area contributed by atoms with E-state index in [1.807, 2.05) is 25.1 Å². The van der Waals surface area contributed by atoms with Crippen molar-refractivity contribution in [2.24, 2.45) is 0 Å². The zero-order chi connectivity index (χ0) is 16.1. The number of amides is 1. The van der Waals surface area contributed by atoms with E-state index in [1.54, 1.807) is 12.3 Å². The maximum Gasteiger partial charge on any atom is 0.269 e. The zero-order valence-electron chi connectivity index (χ0n) is 12.4. The molecule has 1 heterocycles. The van der Waals surface area contributed by atoms with Crippen LogP contribution in [0.25, 0.3) is 0 Å². The molecule has 0 spiro atoms. The summed E-state index contributed by atoms with van der Waals surface area (Å²) >= 11 is 0. The van der Waals surface area contributed by atoms with Gasteiger partial charge in [-0.1, -0.05) is 0 Å². The molecule has 7 nitrogen and oxygen atoms in total. The summed E-state index contributed by atoms with van der Waals surface area (Å²) in [5, 5.41) is 13.4. The van der Waals surface area contributed by atoms with Crippen molar-refractivity contribution in [3.05, 3.63) is 64.1 Å². The first-order chi connectivity index (χ1) is 10.5. The number of furan rings is 1. The van der Waals surface area contributed by atoms with Crippen molar-refractivity contribution in [2.45, 2.75) is 6.04 Å². The van der Waals surface area contributed by atoms with Crippen molar-refractivity contribution in [3.8, 4) is 0 Å². The van der Waals surface area contributed by atoms with Crippen LogP contribution >= 0.6 is 0 Å². The lowest BCUT2D eigenvalue weighted by molar-refractivity contribution is -0.384. The molecule has 1 aromatic heterocycles. The molecule has 22 heavy (non-hydrogen) atoms. The Hall–Kier alpha value is -2.67. The summed E-state index contributed by atoms with van der Waals surface area (Å²) in [6.07, 6.45) is 1.59. The van der Waals surface area contributed by atoms with Gasteiger partial charge in [-0.2, -0.15) is 0 Å². The van der Waals surface area contributed by atoms with Gasteiger partial charge in [-0.3, -0.25) is 19.8 Å². The highest BCUT2D eigenvalue weighted by molar-refractivity contribution is 5.94. The molecule has 0 aliphatic rings. The number of hydrogen-bond donors (Lipinski definition) is 1. The Morgan fingerprint density at radius 1 is 1.32 bits per heavy atom. The van der Waals surface area contributed by atoms with E-state index in [9.17, 15) is 14.9 Å². The molecule has 0 unspecified atom stereocenters. The number of nitrogens with zero attached hydrogens (tertiary/aromatic N) is 2. The van der Waals surface area contributed by atoms with Crippen molar-refractivity contribution in [3.63, 3.8) is 0 Å². The van der Waals surface area contributed by atoms with E-state index < -0.39 is 4.92 Å². The second-order valence-corrected chi connectivity index (χ2v) is 5.01. The minimum Gasteiger partial charge on any atom is -0.468 e. The maximum atomic E-state index is 12.1. The Balaban J connectivity index is 2.00. The number of carbonyl (C=O) groups excluding carboxylic acids is 1. The van der Waals surface area contributed by atoms with E-state index in [1.165, 1.54) is 24.3 Å². The molecule has 0 radical (unpaired) electrons. The highest BCUT2D eigenvalue weighted by atomic mass is 16.6. The molecule has 1 atom stereocenters. The second kappa shape index (κ2) is 6.86. The number of nitrogens with one attached hydrogen (secondary N) is 1. The molecule has 0 saturated heterocycles. The third-order valence-corrected chi connectivity index (χ3v) is 3.29. The van der Waals surface area contributed by atoms with Gasteiger partial charge in [-0.05, 0) is 38.4 Å². The van der Waals surface area contributed by atoms with Crippen LogP contribution < -0.4 is 5.32 Å². The standard InChI is InChI=1S/C15H17N3O4/c1-17(2)13(14-4-3-9-22-14)10-16-15(19)11-5-7-12(8-6-11)18(20)21/h3-9,13H,10H2,1-2H3,(H,16,19)/t13-/m0/s1.